The minimum absolute atomic E-state index is 0.448. The van der Waals surface area contributed by atoms with Crippen LogP contribution in [-0.2, 0) is 4.79 Å². The van der Waals surface area contributed by atoms with Gasteiger partial charge in [0.25, 0.3) is 0 Å². The van der Waals surface area contributed by atoms with Gasteiger partial charge >= 0.3 is 0 Å². The first kappa shape index (κ1) is 15.0. The van der Waals surface area contributed by atoms with Gasteiger partial charge in [0.05, 0.1) is 18.4 Å². The molecule has 0 aromatic carbocycles. The second-order valence-corrected chi connectivity index (χ2v) is 5.05. The summed E-state index contributed by atoms with van der Waals surface area (Å²) in [5.41, 5.74) is 2.09. The number of hydrogen-bond donors (Lipinski definition) is 2. The van der Waals surface area contributed by atoms with E-state index in [0.29, 0.717) is 23.8 Å². The summed E-state index contributed by atoms with van der Waals surface area (Å²) in [6.07, 6.45) is 6.73. The van der Waals surface area contributed by atoms with Crippen molar-refractivity contribution in [1.29, 1.82) is 0 Å². The molecule has 0 bridgehead atoms. The number of rotatable bonds is 4. The molecule has 0 atom stereocenters. The van der Waals surface area contributed by atoms with E-state index in [-0.39, 0.29) is 0 Å². The molecule has 0 spiro atoms. The molecule has 0 saturated heterocycles. The number of fused-ring (bicyclic) bond motifs is 1. The number of methoxy groups -OCH3 is 1. The van der Waals surface area contributed by atoms with Gasteiger partial charge in [0, 0.05) is 11.6 Å². The van der Waals surface area contributed by atoms with Gasteiger partial charge in [-0.25, -0.2) is 9.97 Å². The second kappa shape index (κ2) is 6.87. The Balaban J connectivity index is 0.000000468. The van der Waals surface area contributed by atoms with E-state index in [1.165, 1.54) is 19.3 Å². The van der Waals surface area contributed by atoms with Crippen LogP contribution in [0.25, 0.3) is 22.3 Å². The minimum atomic E-state index is 0.448. The van der Waals surface area contributed by atoms with Crippen molar-refractivity contribution in [2.45, 2.75) is 19.3 Å². The molecule has 3 aromatic heterocycles. The Kier molecular flexibility index (Phi) is 4.46. The van der Waals surface area contributed by atoms with Crippen LogP contribution in [0.2, 0.25) is 0 Å². The zero-order chi connectivity index (χ0) is 16.1. The normalized spacial score (nSPS) is 12.2. The number of nitrogens with zero attached hydrogens (tertiary/aromatic N) is 3. The van der Waals surface area contributed by atoms with Crippen molar-refractivity contribution in [2.24, 2.45) is 0 Å². The summed E-state index contributed by atoms with van der Waals surface area (Å²) in [4.78, 5) is 18.8. The number of aromatic amines is 1. The molecule has 1 saturated carbocycles. The highest BCUT2D eigenvalue weighted by Crippen LogP contribution is 2.31. The maximum absolute atomic E-state index is 10.4. The molecule has 0 aliphatic heterocycles. The van der Waals surface area contributed by atoms with E-state index in [9.17, 15) is 4.79 Å². The molecule has 3 aromatic rings. The van der Waals surface area contributed by atoms with Crippen LogP contribution in [0.3, 0.4) is 0 Å². The van der Waals surface area contributed by atoms with Crippen molar-refractivity contribution < 1.29 is 9.53 Å². The summed E-state index contributed by atoms with van der Waals surface area (Å²) in [6, 6.07) is 7.24. The lowest BCUT2D eigenvalue weighted by atomic mass is 10.1. The standard InChI is InChI=1S/C13H11N5O2.C3H6/c1-20-13-9(3-2-6-14-13)11-8-4-5-10(15-7-19)16-12(8)18-17-11;1-2-3-1/h2-7H,1H3,(H2,15,16,17,18,19);1-3H2. The molecule has 1 aliphatic carbocycles. The van der Waals surface area contributed by atoms with Crippen molar-refractivity contribution >= 4 is 23.3 Å². The highest BCUT2D eigenvalue weighted by molar-refractivity contribution is 5.93. The topological polar surface area (TPSA) is 92.8 Å². The van der Waals surface area contributed by atoms with Gasteiger partial charge in [0.2, 0.25) is 12.3 Å². The van der Waals surface area contributed by atoms with Crippen LogP contribution in [0.4, 0.5) is 5.82 Å². The van der Waals surface area contributed by atoms with E-state index in [1.54, 1.807) is 19.4 Å². The average molecular weight is 311 g/mol. The smallest absolute Gasteiger partial charge is 0.222 e. The van der Waals surface area contributed by atoms with E-state index in [2.05, 4.69) is 25.5 Å². The van der Waals surface area contributed by atoms with Crippen LogP contribution in [0.1, 0.15) is 19.3 Å². The minimum Gasteiger partial charge on any atom is -0.481 e. The van der Waals surface area contributed by atoms with Crippen molar-refractivity contribution in [3.63, 3.8) is 0 Å². The van der Waals surface area contributed by atoms with E-state index >= 15 is 0 Å². The summed E-state index contributed by atoms with van der Waals surface area (Å²) in [5, 5.41) is 10.4. The van der Waals surface area contributed by atoms with Crippen LogP contribution in [0, 0.1) is 0 Å². The fourth-order valence-electron chi connectivity index (χ4n) is 1.99. The van der Waals surface area contributed by atoms with E-state index < -0.39 is 0 Å². The number of anilines is 1. The molecule has 0 unspecified atom stereocenters. The molecular weight excluding hydrogens is 294 g/mol. The zero-order valence-corrected chi connectivity index (χ0v) is 12.7. The van der Waals surface area contributed by atoms with Crippen LogP contribution < -0.4 is 10.1 Å². The maximum Gasteiger partial charge on any atom is 0.222 e. The lowest BCUT2D eigenvalue weighted by molar-refractivity contribution is -0.105. The van der Waals surface area contributed by atoms with Crippen molar-refractivity contribution in [2.75, 3.05) is 12.4 Å². The van der Waals surface area contributed by atoms with Crippen molar-refractivity contribution in [3.05, 3.63) is 30.5 Å². The van der Waals surface area contributed by atoms with E-state index in [4.69, 9.17) is 4.74 Å². The number of carbonyl (C=O) groups is 1. The molecule has 1 aliphatic rings. The van der Waals surface area contributed by atoms with Gasteiger partial charge in [-0.2, -0.15) is 5.10 Å². The molecule has 3 heterocycles. The van der Waals surface area contributed by atoms with E-state index in [0.717, 1.165) is 16.6 Å². The number of aromatic nitrogens is 4. The average Bonchev–Trinajstić information content (AvgIpc) is 3.42. The van der Waals surface area contributed by atoms with Gasteiger partial charge in [0.1, 0.15) is 5.82 Å². The molecule has 7 nitrogen and oxygen atoms in total. The molecule has 4 rings (SSSR count). The third-order valence-corrected chi connectivity index (χ3v) is 3.21. The highest BCUT2D eigenvalue weighted by Gasteiger charge is 2.13. The quantitative estimate of drug-likeness (QED) is 0.723. The fraction of sp³-hybridized carbons (Fsp3) is 0.250. The van der Waals surface area contributed by atoms with Crippen LogP contribution in [0.15, 0.2) is 30.5 Å². The van der Waals surface area contributed by atoms with Crippen molar-refractivity contribution in [3.8, 4) is 17.1 Å². The predicted molar refractivity (Wildman–Crippen MR) is 87.2 cm³/mol. The SMILES string of the molecule is C1CC1.COc1ncccc1-c1[nH]nc2nc(NC=O)ccc12. The summed E-state index contributed by atoms with van der Waals surface area (Å²) in [7, 11) is 1.56. The molecule has 7 heteroatoms. The number of hydrogen-bond acceptors (Lipinski definition) is 5. The van der Waals surface area contributed by atoms with Gasteiger partial charge in [-0.15, -0.1) is 0 Å². The second-order valence-electron chi connectivity index (χ2n) is 5.05. The highest BCUT2D eigenvalue weighted by atomic mass is 16.5. The Morgan fingerprint density at radius 2 is 2.09 bits per heavy atom. The summed E-state index contributed by atoms with van der Waals surface area (Å²) in [5.74, 6) is 0.955. The van der Waals surface area contributed by atoms with Crippen molar-refractivity contribution in [1.82, 2.24) is 20.2 Å². The number of carbonyl (C=O) groups excluding carboxylic acids is 1. The summed E-state index contributed by atoms with van der Waals surface area (Å²) < 4.78 is 5.24. The Morgan fingerprint density at radius 3 is 2.78 bits per heavy atom. The van der Waals surface area contributed by atoms with Crippen LogP contribution in [0.5, 0.6) is 5.88 Å². The number of ether oxygens (including phenoxy) is 1. The number of nitrogens with one attached hydrogen (secondary N) is 2. The van der Waals surface area contributed by atoms with E-state index in [1.807, 2.05) is 18.2 Å². The molecular formula is C16H17N5O2. The fourth-order valence-corrected chi connectivity index (χ4v) is 1.99. The van der Waals surface area contributed by atoms with Gasteiger partial charge in [-0.1, -0.05) is 19.3 Å². The Bertz CT molecular complexity index is 810. The van der Waals surface area contributed by atoms with Gasteiger partial charge in [-0.05, 0) is 24.3 Å². The molecule has 0 radical (unpaired) electrons. The first-order valence-corrected chi connectivity index (χ1v) is 7.38. The molecule has 2 N–H and O–H groups in total. The number of pyridine rings is 2. The van der Waals surface area contributed by atoms with Gasteiger partial charge in [0.15, 0.2) is 5.65 Å². The lowest BCUT2D eigenvalue weighted by Gasteiger charge is -2.05. The van der Waals surface area contributed by atoms with Gasteiger partial charge < -0.3 is 10.1 Å². The first-order valence-electron chi connectivity index (χ1n) is 7.38. The largest absolute Gasteiger partial charge is 0.481 e. The monoisotopic (exact) mass is 311 g/mol. The zero-order valence-electron chi connectivity index (χ0n) is 12.7. The van der Waals surface area contributed by atoms with Gasteiger partial charge in [-0.3, -0.25) is 9.89 Å². The van der Waals surface area contributed by atoms with Crippen LogP contribution in [-0.4, -0.2) is 33.7 Å². The van der Waals surface area contributed by atoms with Crippen LogP contribution >= 0.6 is 0 Å². The molecule has 1 fully saturated rings. The summed E-state index contributed by atoms with van der Waals surface area (Å²) in [6.45, 7) is 0. The third kappa shape index (κ3) is 3.45. The Hall–Kier alpha value is -2.96. The molecule has 1 amide bonds. The summed E-state index contributed by atoms with van der Waals surface area (Å²) >= 11 is 0. The maximum atomic E-state index is 10.4. The number of H-pyrrole nitrogens is 1. The Labute approximate surface area is 133 Å². The number of amides is 1. The lowest BCUT2D eigenvalue weighted by Crippen LogP contribution is -1.96. The predicted octanol–water partition coefficient (Wildman–Crippen LogP) is 2.77. The first-order chi connectivity index (χ1) is 11.3. The third-order valence-electron chi connectivity index (χ3n) is 3.21. The molecule has 118 valence electrons. The Morgan fingerprint density at radius 1 is 1.26 bits per heavy atom. The molecule has 23 heavy (non-hydrogen) atoms.